The number of anilines is 2. The van der Waals surface area contributed by atoms with E-state index >= 15 is 0 Å². The first kappa shape index (κ1) is 25.4. The van der Waals surface area contributed by atoms with Crippen molar-refractivity contribution in [3.63, 3.8) is 0 Å². The standard InChI is InChI=1S/C14H14FN3O2.C3H9NO2.C2H6/c1-8-4-5-11(10(15)6-8)16-13-9(2)14(20)18(3)17-12(13)7-19;1-4-6-3-2-5;1-2/h4-7,16H,1-3H3;4-5H,2-3H2,1H3;1-2H3. The predicted octanol–water partition coefficient (Wildman–Crippen LogP) is 2.25. The Hall–Kier alpha value is -2.62. The molecule has 0 aliphatic carbocycles. The number of benzene rings is 1. The number of aromatic nitrogens is 2. The molecule has 156 valence electrons. The summed E-state index contributed by atoms with van der Waals surface area (Å²) in [5.74, 6) is -0.457. The fourth-order valence-corrected chi connectivity index (χ4v) is 2.04. The molecule has 0 amide bonds. The quantitative estimate of drug-likeness (QED) is 0.391. The highest BCUT2D eigenvalue weighted by atomic mass is 19.1. The Morgan fingerprint density at radius 2 is 1.96 bits per heavy atom. The summed E-state index contributed by atoms with van der Waals surface area (Å²) in [6.07, 6.45) is 0.529. The van der Waals surface area contributed by atoms with Gasteiger partial charge in [0.05, 0.1) is 24.6 Å². The van der Waals surface area contributed by atoms with Gasteiger partial charge in [0.25, 0.3) is 5.56 Å². The number of hydroxylamine groups is 1. The zero-order chi connectivity index (χ0) is 21.7. The van der Waals surface area contributed by atoms with Gasteiger partial charge in [0.1, 0.15) is 11.5 Å². The second-order valence-electron chi connectivity index (χ2n) is 5.32. The van der Waals surface area contributed by atoms with Crippen LogP contribution in [0, 0.1) is 19.7 Å². The second-order valence-corrected chi connectivity index (χ2v) is 5.32. The number of aliphatic hydroxyl groups excluding tert-OH is 1. The summed E-state index contributed by atoms with van der Waals surface area (Å²) in [7, 11) is 3.11. The highest BCUT2D eigenvalue weighted by Gasteiger charge is 2.14. The molecular formula is C19H29FN4O4. The SMILES string of the molecule is CC.CNOCCO.Cc1ccc(Nc2c(C=O)nn(C)c(=O)c2C)c(F)c1. The molecule has 1 aromatic carbocycles. The van der Waals surface area contributed by atoms with Gasteiger partial charge in [-0.05, 0) is 31.5 Å². The summed E-state index contributed by atoms with van der Waals surface area (Å²) in [4.78, 5) is 27.4. The molecule has 0 fully saturated rings. The van der Waals surface area contributed by atoms with Gasteiger partial charge in [0, 0.05) is 19.7 Å². The van der Waals surface area contributed by atoms with Crippen molar-refractivity contribution in [1.29, 1.82) is 0 Å². The van der Waals surface area contributed by atoms with Gasteiger partial charge < -0.3 is 10.4 Å². The highest BCUT2D eigenvalue weighted by Crippen LogP contribution is 2.23. The number of aldehydes is 1. The Labute approximate surface area is 164 Å². The number of halogens is 1. The molecule has 0 atom stereocenters. The molecule has 0 unspecified atom stereocenters. The van der Waals surface area contributed by atoms with E-state index in [4.69, 9.17) is 5.11 Å². The molecule has 2 aromatic rings. The smallest absolute Gasteiger partial charge is 0.271 e. The van der Waals surface area contributed by atoms with Crippen LogP contribution in [-0.2, 0) is 11.9 Å². The van der Waals surface area contributed by atoms with E-state index in [1.54, 1.807) is 33.0 Å². The number of carbonyl (C=O) groups excluding carboxylic acids is 1. The fourth-order valence-electron chi connectivity index (χ4n) is 2.04. The molecule has 1 aromatic heterocycles. The lowest BCUT2D eigenvalue weighted by Gasteiger charge is -2.13. The van der Waals surface area contributed by atoms with Gasteiger partial charge in [-0.2, -0.15) is 5.10 Å². The van der Waals surface area contributed by atoms with Crippen molar-refractivity contribution in [2.75, 3.05) is 25.6 Å². The number of nitrogens with zero attached hydrogens (tertiary/aromatic N) is 2. The Kier molecular flexibility index (Phi) is 12.3. The number of hydrogen-bond donors (Lipinski definition) is 3. The van der Waals surface area contributed by atoms with E-state index in [1.807, 2.05) is 13.8 Å². The first-order valence-corrected chi connectivity index (χ1v) is 8.81. The number of hydrogen-bond acceptors (Lipinski definition) is 7. The lowest BCUT2D eigenvalue weighted by molar-refractivity contribution is 0.0314. The van der Waals surface area contributed by atoms with E-state index in [-0.39, 0.29) is 29.2 Å². The van der Waals surface area contributed by atoms with E-state index in [0.717, 1.165) is 10.2 Å². The maximum absolute atomic E-state index is 13.8. The van der Waals surface area contributed by atoms with Gasteiger partial charge in [-0.25, -0.2) is 14.6 Å². The summed E-state index contributed by atoms with van der Waals surface area (Å²) >= 11 is 0. The summed E-state index contributed by atoms with van der Waals surface area (Å²) in [5.41, 5.74) is 3.64. The van der Waals surface area contributed by atoms with Crippen molar-refractivity contribution in [3.8, 4) is 0 Å². The van der Waals surface area contributed by atoms with Gasteiger partial charge >= 0.3 is 0 Å². The van der Waals surface area contributed by atoms with Crippen molar-refractivity contribution >= 4 is 17.7 Å². The summed E-state index contributed by atoms with van der Waals surface area (Å²) in [5, 5.41) is 14.7. The first-order chi connectivity index (χ1) is 13.3. The minimum absolute atomic E-state index is 0.0598. The van der Waals surface area contributed by atoms with Crippen molar-refractivity contribution in [3.05, 3.63) is 51.2 Å². The molecule has 0 aliphatic heterocycles. The lowest BCUT2D eigenvalue weighted by atomic mass is 10.2. The number of aliphatic hydroxyl groups is 1. The molecule has 8 nitrogen and oxygen atoms in total. The van der Waals surface area contributed by atoms with Crippen LogP contribution in [0.1, 0.15) is 35.5 Å². The van der Waals surface area contributed by atoms with Gasteiger partial charge in [0.15, 0.2) is 6.29 Å². The summed E-state index contributed by atoms with van der Waals surface area (Å²) < 4.78 is 14.9. The van der Waals surface area contributed by atoms with Crippen LogP contribution in [-0.4, -0.2) is 41.4 Å². The van der Waals surface area contributed by atoms with E-state index in [9.17, 15) is 14.0 Å². The molecule has 9 heteroatoms. The number of rotatable bonds is 6. The third-order valence-corrected chi connectivity index (χ3v) is 3.34. The highest BCUT2D eigenvalue weighted by molar-refractivity contribution is 5.84. The first-order valence-electron chi connectivity index (χ1n) is 8.81. The average molecular weight is 396 g/mol. The molecule has 28 heavy (non-hydrogen) atoms. The summed E-state index contributed by atoms with van der Waals surface area (Å²) in [6.45, 7) is 7.76. The van der Waals surface area contributed by atoms with E-state index in [2.05, 4.69) is 20.7 Å². The van der Waals surface area contributed by atoms with Crippen LogP contribution in [0.15, 0.2) is 23.0 Å². The number of carbonyl (C=O) groups is 1. The molecule has 0 saturated heterocycles. The number of aryl methyl sites for hydroxylation is 2. The van der Waals surface area contributed by atoms with Gasteiger partial charge in [-0.15, -0.1) is 0 Å². The topological polar surface area (TPSA) is 105 Å². The van der Waals surface area contributed by atoms with Crippen LogP contribution in [0.25, 0.3) is 0 Å². The molecule has 3 N–H and O–H groups in total. The monoisotopic (exact) mass is 396 g/mol. The van der Waals surface area contributed by atoms with Gasteiger partial charge in [-0.3, -0.25) is 14.4 Å². The number of nitrogens with one attached hydrogen (secondary N) is 2. The van der Waals surface area contributed by atoms with Crippen LogP contribution in [0.4, 0.5) is 15.8 Å². The van der Waals surface area contributed by atoms with Crippen LogP contribution < -0.4 is 16.4 Å². The third kappa shape index (κ3) is 7.55. The Bertz CT molecular complexity index is 805. The van der Waals surface area contributed by atoms with Crippen molar-refractivity contribution in [2.45, 2.75) is 27.7 Å². The molecule has 0 radical (unpaired) electrons. The minimum Gasteiger partial charge on any atom is -0.394 e. The Morgan fingerprint density at radius 3 is 2.43 bits per heavy atom. The fraction of sp³-hybridized carbons (Fsp3) is 0.421. The van der Waals surface area contributed by atoms with Crippen LogP contribution >= 0.6 is 0 Å². The maximum atomic E-state index is 13.8. The average Bonchev–Trinajstić information content (AvgIpc) is 2.70. The summed E-state index contributed by atoms with van der Waals surface area (Å²) in [6, 6.07) is 4.65. The maximum Gasteiger partial charge on any atom is 0.271 e. The predicted molar refractivity (Wildman–Crippen MR) is 107 cm³/mol. The Balaban J connectivity index is 0.000000780. The molecule has 0 aliphatic rings. The second kappa shape index (κ2) is 13.5. The molecule has 1 heterocycles. The zero-order valence-electron chi connectivity index (χ0n) is 17.2. The van der Waals surface area contributed by atoms with E-state index in [0.29, 0.717) is 18.5 Å². The molecule has 0 saturated carbocycles. The largest absolute Gasteiger partial charge is 0.394 e. The van der Waals surface area contributed by atoms with Crippen LogP contribution in [0.5, 0.6) is 0 Å². The molecule has 0 spiro atoms. The van der Waals surface area contributed by atoms with Crippen LogP contribution in [0.2, 0.25) is 0 Å². The lowest BCUT2D eigenvalue weighted by Crippen LogP contribution is -2.25. The van der Waals surface area contributed by atoms with Crippen LogP contribution in [0.3, 0.4) is 0 Å². The minimum atomic E-state index is -0.457. The molecular weight excluding hydrogens is 367 g/mol. The van der Waals surface area contributed by atoms with Crippen molar-refractivity contribution < 1.29 is 19.1 Å². The van der Waals surface area contributed by atoms with Crippen molar-refractivity contribution in [1.82, 2.24) is 15.3 Å². The van der Waals surface area contributed by atoms with Gasteiger partial charge in [-0.1, -0.05) is 19.9 Å². The normalized spacial score (nSPS) is 9.57. The van der Waals surface area contributed by atoms with Crippen molar-refractivity contribution in [2.24, 2.45) is 7.05 Å². The Morgan fingerprint density at radius 1 is 1.32 bits per heavy atom. The van der Waals surface area contributed by atoms with E-state index < -0.39 is 5.82 Å². The molecule has 0 bridgehead atoms. The molecule has 2 rings (SSSR count). The van der Waals surface area contributed by atoms with Gasteiger partial charge in [0.2, 0.25) is 0 Å². The zero-order valence-corrected chi connectivity index (χ0v) is 17.2. The third-order valence-electron chi connectivity index (χ3n) is 3.34. The van der Waals surface area contributed by atoms with E-state index in [1.165, 1.54) is 13.1 Å².